The van der Waals surface area contributed by atoms with Gasteiger partial charge in [-0.2, -0.15) is 0 Å². The molecule has 3 aromatic rings. The molecule has 2 unspecified atom stereocenters. The van der Waals surface area contributed by atoms with Gasteiger partial charge in [0.2, 0.25) is 0 Å². The number of aromatic amines is 1. The van der Waals surface area contributed by atoms with E-state index >= 15 is 0 Å². The fourth-order valence-corrected chi connectivity index (χ4v) is 3.41. The third-order valence-corrected chi connectivity index (χ3v) is 4.68. The molecule has 130 valence electrons. The summed E-state index contributed by atoms with van der Waals surface area (Å²) in [5, 5.41) is 14.2. The van der Waals surface area contributed by atoms with Crippen LogP contribution in [0.15, 0.2) is 24.7 Å². The van der Waals surface area contributed by atoms with Gasteiger partial charge in [0.05, 0.1) is 17.3 Å². The summed E-state index contributed by atoms with van der Waals surface area (Å²) >= 11 is 6.02. The predicted octanol–water partition coefficient (Wildman–Crippen LogP) is 3.53. The molecule has 0 aliphatic heterocycles. The van der Waals surface area contributed by atoms with Gasteiger partial charge in [-0.1, -0.05) is 11.6 Å². The van der Waals surface area contributed by atoms with Crippen molar-refractivity contribution < 1.29 is 9.50 Å². The highest BCUT2D eigenvalue weighted by molar-refractivity contribution is 6.31. The van der Waals surface area contributed by atoms with Crippen molar-refractivity contribution in [3.05, 3.63) is 35.5 Å². The minimum Gasteiger partial charge on any atom is -0.393 e. The third kappa shape index (κ3) is 3.29. The quantitative estimate of drug-likeness (QED) is 0.664. The number of H-pyrrole nitrogens is 1. The Morgan fingerprint density at radius 1 is 1.28 bits per heavy atom. The molecule has 0 spiro atoms. The summed E-state index contributed by atoms with van der Waals surface area (Å²) in [6.45, 7) is 0. The highest BCUT2D eigenvalue weighted by Crippen LogP contribution is 2.29. The van der Waals surface area contributed by atoms with Gasteiger partial charge in [0.15, 0.2) is 17.5 Å². The molecule has 1 aliphatic carbocycles. The van der Waals surface area contributed by atoms with Crippen LogP contribution >= 0.6 is 11.6 Å². The molecule has 2 atom stereocenters. The van der Waals surface area contributed by atoms with Crippen LogP contribution < -0.4 is 5.32 Å². The van der Waals surface area contributed by atoms with Gasteiger partial charge in [0.1, 0.15) is 5.65 Å². The number of rotatable bonds is 3. The Morgan fingerprint density at radius 3 is 3.00 bits per heavy atom. The summed E-state index contributed by atoms with van der Waals surface area (Å²) < 4.78 is 14.2. The van der Waals surface area contributed by atoms with Gasteiger partial charge in [-0.15, -0.1) is 0 Å². The summed E-state index contributed by atoms with van der Waals surface area (Å²) in [6, 6.07) is 1.77. The van der Waals surface area contributed by atoms with Crippen LogP contribution in [0.1, 0.15) is 25.7 Å². The van der Waals surface area contributed by atoms with Crippen molar-refractivity contribution in [3.63, 3.8) is 0 Å². The van der Waals surface area contributed by atoms with Gasteiger partial charge in [0.25, 0.3) is 0 Å². The Morgan fingerprint density at radius 2 is 2.16 bits per heavy atom. The van der Waals surface area contributed by atoms with Gasteiger partial charge in [-0.3, -0.25) is 0 Å². The molecule has 8 heteroatoms. The van der Waals surface area contributed by atoms with Crippen LogP contribution in [0.3, 0.4) is 0 Å². The zero-order valence-corrected chi connectivity index (χ0v) is 14.1. The molecule has 1 aliphatic rings. The van der Waals surface area contributed by atoms with E-state index in [0.717, 1.165) is 30.8 Å². The van der Waals surface area contributed by atoms with Crippen molar-refractivity contribution in [1.82, 2.24) is 19.9 Å². The lowest BCUT2D eigenvalue weighted by Gasteiger charge is -2.27. The zero-order valence-electron chi connectivity index (χ0n) is 13.3. The number of nitrogens with one attached hydrogen (secondary N) is 2. The molecule has 6 nitrogen and oxygen atoms in total. The molecule has 0 radical (unpaired) electrons. The second-order valence-corrected chi connectivity index (χ2v) is 6.74. The number of nitrogens with zero attached hydrogens (tertiary/aromatic N) is 3. The Bertz CT molecular complexity index is 915. The maximum Gasteiger partial charge on any atom is 0.183 e. The molecule has 0 aromatic carbocycles. The van der Waals surface area contributed by atoms with Crippen molar-refractivity contribution in [3.8, 4) is 11.4 Å². The van der Waals surface area contributed by atoms with E-state index < -0.39 is 5.82 Å². The van der Waals surface area contributed by atoms with Gasteiger partial charge < -0.3 is 15.4 Å². The first kappa shape index (κ1) is 16.2. The monoisotopic (exact) mass is 361 g/mol. The van der Waals surface area contributed by atoms with Crippen molar-refractivity contribution in [2.75, 3.05) is 5.32 Å². The van der Waals surface area contributed by atoms with Crippen molar-refractivity contribution in [2.45, 2.75) is 37.8 Å². The Hall–Kier alpha value is -2.25. The number of hydrogen-bond donors (Lipinski definition) is 3. The number of hydrogen-bond acceptors (Lipinski definition) is 5. The smallest absolute Gasteiger partial charge is 0.183 e. The molecule has 0 bridgehead atoms. The maximum absolute atomic E-state index is 14.2. The molecular formula is C17H17ClFN5O. The van der Waals surface area contributed by atoms with Crippen LogP contribution in [0, 0.1) is 5.82 Å². The number of fused-ring (bicyclic) bond motifs is 1. The van der Waals surface area contributed by atoms with E-state index in [-0.39, 0.29) is 18.0 Å². The highest BCUT2D eigenvalue weighted by Gasteiger charge is 2.22. The normalized spacial score (nSPS) is 20.8. The lowest BCUT2D eigenvalue weighted by atomic mass is 9.93. The third-order valence-electron chi connectivity index (χ3n) is 4.47. The topological polar surface area (TPSA) is 86.7 Å². The average molecular weight is 362 g/mol. The summed E-state index contributed by atoms with van der Waals surface area (Å²) in [5.74, 6) is 0.0174. The first-order valence-corrected chi connectivity index (χ1v) is 8.58. The molecule has 3 heterocycles. The number of halogens is 2. The number of pyridine rings is 1. The van der Waals surface area contributed by atoms with E-state index in [2.05, 4.69) is 25.3 Å². The van der Waals surface area contributed by atoms with E-state index in [9.17, 15) is 9.50 Å². The molecular weight excluding hydrogens is 345 g/mol. The molecule has 1 fully saturated rings. The Balaban J connectivity index is 1.67. The SMILES string of the molecule is OC1CCCC(Nc2nc(-c3c[nH]c4ncc(Cl)cc34)ncc2F)C1. The van der Waals surface area contributed by atoms with Crippen LogP contribution in [0.4, 0.5) is 10.2 Å². The lowest BCUT2D eigenvalue weighted by Crippen LogP contribution is -2.30. The van der Waals surface area contributed by atoms with E-state index in [1.165, 1.54) is 0 Å². The van der Waals surface area contributed by atoms with Crippen molar-refractivity contribution in [2.24, 2.45) is 0 Å². The minimum atomic E-state index is -0.514. The Kier molecular flexibility index (Phi) is 4.27. The van der Waals surface area contributed by atoms with Gasteiger partial charge >= 0.3 is 0 Å². The molecule has 4 rings (SSSR count). The standard InChI is InChI=1S/C17H17ClFN5O/c18-9-4-12-13(7-21-15(12)20-6-9)16-22-8-14(19)17(24-16)23-10-2-1-3-11(25)5-10/h4,6-8,10-11,25H,1-3,5H2,(H,20,21)(H,22,23,24). The fourth-order valence-electron chi connectivity index (χ4n) is 3.25. The van der Waals surface area contributed by atoms with Gasteiger partial charge in [-0.25, -0.2) is 19.3 Å². The highest BCUT2D eigenvalue weighted by atomic mass is 35.5. The first-order chi connectivity index (χ1) is 12.1. The summed E-state index contributed by atoms with van der Waals surface area (Å²) in [5.41, 5.74) is 1.37. The predicted molar refractivity (Wildman–Crippen MR) is 94.0 cm³/mol. The van der Waals surface area contributed by atoms with E-state index in [4.69, 9.17) is 11.6 Å². The molecule has 25 heavy (non-hydrogen) atoms. The van der Waals surface area contributed by atoms with Crippen LogP contribution in [-0.2, 0) is 0 Å². The number of anilines is 1. The van der Waals surface area contributed by atoms with Gasteiger partial charge in [0, 0.05) is 29.4 Å². The number of aliphatic hydroxyl groups excluding tert-OH is 1. The summed E-state index contributed by atoms with van der Waals surface area (Å²) in [4.78, 5) is 15.7. The van der Waals surface area contributed by atoms with E-state index in [1.807, 2.05) is 0 Å². The Labute approximate surface area is 148 Å². The van der Waals surface area contributed by atoms with Crippen molar-refractivity contribution >= 4 is 28.5 Å². The molecule has 3 aromatic heterocycles. The molecule has 0 amide bonds. The van der Waals surface area contributed by atoms with Crippen LogP contribution in [-0.4, -0.2) is 37.2 Å². The lowest BCUT2D eigenvalue weighted by molar-refractivity contribution is 0.124. The van der Waals surface area contributed by atoms with E-state index in [0.29, 0.717) is 28.5 Å². The largest absolute Gasteiger partial charge is 0.393 e. The molecule has 3 N–H and O–H groups in total. The summed E-state index contributed by atoms with van der Waals surface area (Å²) in [7, 11) is 0. The fraction of sp³-hybridized carbons (Fsp3) is 0.353. The van der Waals surface area contributed by atoms with E-state index in [1.54, 1.807) is 18.5 Å². The van der Waals surface area contributed by atoms with Crippen molar-refractivity contribution in [1.29, 1.82) is 0 Å². The van der Waals surface area contributed by atoms with Crippen LogP contribution in [0.2, 0.25) is 5.02 Å². The number of aromatic nitrogens is 4. The van der Waals surface area contributed by atoms with Gasteiger partial charge in [-0.05, 0) is 31.7 Å². The second kappa shape index (κ2) is 6.57. The minimum absolute atomic E-state index is 0.0000741. The maximum atomic E-state index is 14.2. The first-order valence-electron chi connectivity index (χ1n) is 8.20. The average Bonchev–Trinajstić information content (AvgIpc) is 3.00. The molecule has 0 saturated heterocycles. The number of aliphatic hydroxyl groups is 1. The second-order valence-electron chi connectivity index (χ2n) is 6.30. The van der Waals surface area contributed by atoms with Crippen LogP contribution in [0.25, 0.3) is 22.4 Å². The summed E-state index contributed by atoms with van der Waals surface area (Å²) in [6.07, 6.45) is 7.25. The molecule has 1 saturated carbocycles. The zero-order chi connectivity index (χ0) is 17.4. The van der Waals surface area contributed by atoms with Crippen LogP contribution in [0.5, 0.6) is 0 Å².